The summed E-state index contributed by atoms with van der Waals surface area (Å²) in [4.78, 5) is 23.9. The monoisotopic (exact) mass is 441 g/mol. The number of nitrogens with one attached hydrogen (secondary N) is 1. The van der Waals surface area contributed by atoms with Crippen LogP contribution in [0.5, 0.6) is 0 Å². The van der Waals surface area contributed by atoms with Gasteiger partial charge < -0.3 is 11.1 Å². The van der Waals surface area contributed by atoms with E-state index in [-0.39, 0.29) is 30.5 Å². The minimum absolute atomic E-state index is 0. The zero-order valence-corrected chi connectivity index (χ0v) is 18.3. The lowest BCUT2D eigenvalue weighted by atomic mass is 9.91. The van der Waals surface area contributed by atoms with E-state index in [1.54, 1.807) is 28.2 Å². The molecule has 0 aliphatic heterocycles. The van der Waals surface area contributed by atoms with Crippen molar-refractivity contribution in [3.05, 3.63) is 60.7 Å². The van der Waals surface area contributed by atoms with Gasteiger partial charge in [-0.15, -0.1) is 12.4 Å². The average Bonchev–Trinajstić information content (AvgIpc) is 3.21. The quantitative estimate of drug-likeness (QED) is 0.632. The highest BCUT2D eigenvalue weighted by atomic mass is 35.5. The molecular formula is C22H28ClN7O. The van der Waals surface area contributed by atoms with Crippen molar-refractivity contribution in [1.29, 1.82) is 0 Å². The average molecular weight is 442 g/mol. The Kier molecular flexibility index (Phi) is 7.59. The maximum atomic E-state index is 13.1. The summed E-state index contributed by atoms with van der Waals surface area (Å²) < 4.78 is 1.73. The highest BCUT2D eigenvalue weighted by Crippen LogP contribution is 2.26. The zero-order chi connectivity index (χ0) is 20.9. The summed E-state index contributed by atoms with van der Waals surface area (Å²) in [6.45, 7) is 0.455. The summed E-state index contributed by atoms with van der Waals surface area (Å²) in [7, 11) is 1.87. The smallest absolute Gasteiger partial charge is 0.324 e. The number of hydrogen-bond acceptors (Lipinski definition) is 5. The van der Waals surface area contributed by atoms with Crippen molar-refractivity contribution in [1.82, 2.24) is 25.1 Å². The van der Waals surface area contributed by atoms with Crippen molar-refractivity contribution in [2.45, 2.75) is 44.3 Å². The van der Waals surface area contributed by atoms with Gasteiger partial charge in [0, 0.05) is 55.4 Å². The molecule has 164 valence electrons. The molecule has 1 aliphatic carbocycles. The van der Waals surface area contributed by atoms with Crippen LogP contribution in [-0.4, -0.2) is 37.9 Å². The number of anilines is 1. The van der Waals surface area contributed by atoms with Gasteiger partial charge in [0.2, 0.25) is 5.95 Å². The molecule has 1 aliphatic rings. The SMILES string of the molecule is Cl.Cn1cc(-c2cnc(N(C(=O)NCc3ccccc3)C3CCC(N)CC3)nc2)cn1. The van der Waals surface area contributed by atoms with Gasteiger partial charge in [-0.05, 0) is 31.2 Å². The van der Waals surface area contributed by atoms with Crippen molar-refractivity contribution >= 4 is 24.4 Å². The van der Waals surface area contributed by atoms with Crippen LogP contribution in [-0.2, 0) is 13.6 Å². The maximum Gasteiger partial charge on any atom is 0.324 e. The first-order valence-corrected chi connectivity index (χ1v) is 10.3. The lowest BCUT2D eigenvalue weighted by Crippen LogP contribution is -2.49. The van der Waals surface area contributed by atoms with E-state index >= 15 is 0 Å². The zero-order valence-electron chi connectivity index (χ0n) is 17.5. The number of aryl methyl sites for hydroxylation is 1. The molecule has 0 saturated heterocycles. The first kappa shape index (κ1) is 22.7. The van der Waals surface area contributed by atoms with E-state index < -0.39 is 0 Å². The minimum atomic E-state index is -0.187. The lowest BCUT2D eigenvalue weighted by Gasteiger charge is -2.34. The molecule has 2 amide bonds. The van der Waals surface area contributed by atoms with Gasteiger partial charge in [-0.2, -0.15) is 5.10 Å². The first-order chi connectivity index (χ1) is 14.6. The highest BCUT2D eigenvalue weighted by molar-refractivity contribution is 5.90. The Bertz CT molecular complexity index is 969. The molecule has 0 spiro atoms. The van der Waals surface area contributed by atoms with Crippen LogP contribution in [0.3, 0.4) is 0 Å². The third-order valence-electron chi connectivity index (χ3n) is 5.50. The molecule has 8 nitrogen and oxygen atoms in total. The van der Waals surface area contributed by atoms with Gasteiger partial charge in [0.25, 0.3) is 0 Å². The summed E-state index contributed by atoms with van der Waals surface area (Å²) in [5.41, 5.74) is 8.92. The Morgan fingerprint density at radius 2 is 1.77 bits per heavy atom. The molecule has 3 N–H and O–H groups in total. The molecule has 1 aromatic carbocycles. The molecule has 9 heteroatoms. The summed E-state index contributed by atoms with van der Waals surface area (Å²) >= 11 is 0. The summed E-state index contributed by atoms with van der Waals surface area (Å²) in [5, 5.41) is 7.21. The Morgan fingerprint density at radius 1 is 1.10 bits per heavy atom. The van der Waals surface area contributed by atoms with Crippen LogP contribution in [0.2, 0.25) is 0 Å². The number of halogens is 1. The molecule has 0 unspecified atom stereocenters. The lowest BCUT2D eigenvalue weighted by molar-refractivity contribution is 0.239. The van der Waals surface area contributed by atoms with Gasteiger partial charge in [-0.3, -0.25) is 9.58 Å². The highest BCUT2D eigenvalue weighted by Gasteiger charge is 2.30. The number of carbonyl (C=O) groups is 1. The molecule has 1 saturated carbocycles. The predicted octanol–water partition coefficient (Wildman–Crippen LogP) is 3.29. The van der Waals surface area contributed by atoms with E-state index in [2.05, 4.69) is 20.4 Å². The van der Waals surface area contributed by atoms with E-state index in [0.29, 0.717) is 12.5 Å². The second-order valence-corrected chi connectivity index (χ2v) is 7.76. The third-order valence-corrected chi connectivity index (χ3v) is 5.50. The number of hydrogen-bond donors (Lipinski definition) is 2. The number of carbonyl (C=O) groups excluding carboxylic acids is 1. The first-order valence-electron chi connectivity index (χ1n) is 10.3. The van der Waals surface area contributed by atoms with Gasteiger partial charge in [-0.25, -0.2) is 14.8 Å². The second-order valence-electron chi connectivity index (χ2n) is 7.76. The number of rotatable bonds is 5. The van der Waals surface area contributed by atoms with Crippen LogP contribution in [0.4, 0.5) is 10.7 Å². The molecule has 0 bridgehead atoms. The van der Waals surface area contributed by atoms with Crippen molar-refractivity contribution in [2.75, 3.05) is 4.90 Å². The Labute approximate surface area is 188 Å². The van der Waals surface area contributed by atoms with Crippen LogP contribution >= 0.6 is 12.4 Å². The fourth-order valence-electron chi connectivity index (χ4n) is 3.80. The van der Waals surface area contributed by atoms with Crippen molar-refractivity contribution in [3.63, 3.8) is 0 Å². The van der Waals surface area contributed by atoms with Crippen LogP contribution in [0.25, 0.3) is 11.1 Å². The van der Waals surface area contributed by atoms with Gasteiger partial charge in [0.15, 0.2) is 0 Å². The number of nitrogens with zero attached hydrogens (tertiary/aromatic N) is 5. The van der Waals surface area contributed by atoms with Crippen LogP contribution in [0, 0.1) is 0 Å². The normalized spacial score (nSPS) is 18.1. The summed E-state index contributed by atoms with van der Waals surface area (Å²) in [6.07, 6.45) is 10.6. The van der Waals surface area contributed by atoms with Gasteiger partial charge >= 0.3 is 6.03 Å². The van der Waals surface area contributed by atoms with E-state index in [4.69, 9.17) is 5.73 Å². The summed E-state index contributed by atoms with van der Waals surface area (Å²) in [6, 6.07) is 9.90. The Hall–Kier alpha value is -2.97. The number of nitrogens with two attached hydrogens (primary N) is 1. The molecule has 2 heterocycles. The Morgan fingerprint density at radius 3 is 2.39 bits per heavy atom. The van der Waals surface area contributed by atoms with E-state index in [1.165, 1.54) is 0 Å². The van der Waals surface area contributed by atoms with Crippen LogP contribution in [0.1, 0.15) is 31.2 Å². The molecule has 4 rings (SSSR count). The molecular weight excluding hydrogens is 414 g/mol. The fraction of sp³-hybridized carbons (Fsp3) is 0.364. The number of urea groups is 1. The van der Waals surface area contributed by atoms with Gasteiger partial charge in [0.05, 0.1) is 6.20 Å². The van der Waals surface area contributed by atoms with Crippen molar-refractivity contribution in [2.24, 2.45) is 12.8 Å². The summed E-state index contributed by atoms with van der Waals surface area (Å²) in [5.74, 6) is 0.411. The third kappa shape index (κ3) is 5.59. The number of benzene rings is 1. The minimum Gasteiger partial charge on any atom is -0.334 e. The van der Waals surface area contributed by atoms with Crippen molar-refractivity contribution in [3.8, 4) is 11.1 Å². The molecule has 2 aromatic heterocycles. The van der Waals surface area contributed by atoms with Gasteiger partial charge in [-0.1, -0.05) is 30.3 Å². The van der Waals surface area contributed by atoms with E-state index in [9.17, 15) is 4.79 Å². The standard InChI is InChI=1S/C22H27N7O.ClH/c1-28-15-18(14-27-28)17-12-24-21(25-13-17)29(20-9-7-19(23)8-10-20)22(30)26-11-16-5-3-2-4-6-16;/h2-6,12-15,19-20H,7-11,23H2,1H3,(H,26,30);1H. The van der Waals surface area contributed by atoms with E-state index in [1.807, 2.05) is 43.6 Å². The number of aromatic nitrogens is 4. The van der Waals surface area contributed by atoms with Crippen LogP contribution in [0.15, 0.2) is 55.1 Å². The molecule has 0 radical (unpaired) electrons. The molecule has 3 aromatic rings. The Balaban J connectivity index is 0.00000272. The predicted molar refractivity (Wildman–Crippen MR) is 123 cm³/mol. The number of amides is 2. The largest absolute Gasteiger partial charge is 0.334 e. The second kappa shape index (κ2) is 10.4. The molecule has 1 fully saturated rings. The van der Waals surface area contributed by atoms with E-state index in [0.717, 1.165) is 42.4 Å². The fourth-order valence-corrected chi connectivity index (χ4v) is 3.80. The van der Waals surface area contributed by atoms with Crippen LogP contribution < -0.4 is 16.0 Å². The molecule has 0 atom stereocenters. The molecule has 31 heavy (non-hydrogen) atoms. The maximum absolute atomic E-state index is 13.1. The topological polar surface area (TPSA) is 102 Å². The van der Waals surface area contributed by atoms with Crippen molar-refractivity contribution < 1.29 is 4.79 Å². The van der Waals surface area contributed by atoms with Gasteiger partial charge in [0.1, 0.15) is 0 Å².